The van der Waals surface area contributed by atoms with Gasteiger partial charge in [0.25, 0.3) is 5.91 Å². The Balaban J connectivity index is 1.86. The number of amides is 1. The molecule has 0 bridgehead atoms. The zero-order chi connectivity index (χ0) is 21.1. The Morgan fingerprint density at radius 1 is 1.21 bits per heavy atom. The van der Waals surface area contributed by atoms with E-state index in [0.29, 0.717) is 17.0 Å². The minimum atomic E-state index is -0.762. The van der Waals surface area contributed by atoms with Crippen LogP contribution in [-0.2, 0) is 0 Å². The molecule has 0 unspecified atom stereocenters. The maximum Gasteiger partial charge on any atom is 0.261 e. The van der Waals surface area contributed by atoms with Crippen molar-refractivity contribution in [3.05, 3.63) is 87.7 Å². The molecule has 1 amide bonds. The Morgan fingerprint density at radius 2 is 1.90 bits per heavy atom. The van der Waals surface area contributed by atoms with Gasteiger partial charge in [0.05, 0.1) is 11.4 Å². The minimum absolute atomic E-state index is 0.0147. The third kappa shape index (κ3) is 4.37. The highest BCUT2D eigenvalue weighted by atomic mass is 19.1. The summed E-state index contributed by atoms with van der Waals surface area (Å²) in [7, 11) is 0. The summed E-state index contributed by atoms with van der Waals surface area (Å²) >= 11 is 0. The minimum Gasteiger partial charge on any atom is -0.803 e. The van der Waals surface area contributed by atoms with Gasteiger partial charge in [0.2, 0.25) is 0 Å². The summed E-state index contributed by atoms with van der Waals surface area (Å²) in [4.78, 5) is 12.5. The maximum atomic E-state index is 14.3. The van der Waals surface area contributed by atoms with Gasteiger partial charge in [-0.2, -0.15) is 0 Å². The van der Waals surface area contributed by atoms with Gasteiger partial charge >= 0.3 is 0 Å². The molecular formula is C21H17F2N4O2-. The Kier molecular flexibility index (Phi) is 5.54. The van der Waals surface area contributed by atoms with Crippen molar-refractivity contribution in [3.8, 4) is 0 Å². The van der Waals surface area contributed by atoms with Crippen LogP contribution in [0.5, 0.6) is 0 Å². The van der Waals surface area contributed by atoms with Gasteiger partial charge in [-0.15, -0.1) is 5.71 Å². The third-order valence-corrected chi connectivity index (χ3v) is 4.23. The topological polar surface area (TPSA) is 103 Å². The number of carbonyl (C=O) groups excluding carboxylic acids is 1. The molecule has 3 aromatic rings. The standard InChI is InChI=1S/C21H17F2N4O2/c1-11-20(12(2)29-27-11)21(28)26-19-9-15(18(25)10-16(19)23)17(24)8-5-13-3-6-14(22)7-4-13/h3-10H,25H2,1-2H3,(H,26,28)/q-1/b8-5+. The molecule has 6 nitrogen and oxygen atoms in total. The summed E-state index contributed by atoms with van der Waals surface area (Å²) in [6.07, 6.45) is 2.89. The summed E-state index contributed by atoms with van der Waals surface area (Å²) in [6, 6.07) is 7.85. The lowest BCUT2D eigenvalue weighted by Crippen LogP contribution is -2.15. The number of nitrogens with two attached hydrogens (primary N) is 1. The third-order valence-electron chi connectivity index (χ3n) is 4.23. The van der Waals surface area contributed by atoms with Gasteiger partial charge in [-0.25, -0.2) is 8.78 Å². The number of benzene rings is 2. The number of carbonyl (C=O) groups is 1. The Hall–Kier alpha value is -3.81. The molecule has 0 fully saturated rings. The largest absolute Gasteiger partial charge is 0.803 e. The lowest BCUT2D eigenvalue weighted by molar-refractivity contribution is 0.102. The van der Waals surface area contributed by atoms with Crippen LogP contribution in [0.2, 0.25) is 0 Å². The summed E-state index contributed by atoms with van der Waals surface area (Å²) in [5.41, 5.74) is 6.72. The number of hydrogen-bond donors (Lipinski definition) is 2. The lowest BCUT2D eigenvalue weighted by atomic mass is 10.0. The first-order valence-corrected chi connectivity index (χ1v) is 8.59. The van der Waals surface area contributed by atoms with Crippen molar-refractivity contribution in [2.45, 2.75) is 13.8 Å². The van der Waals surface area contributed by atoms with Crippen LogP contribution in [0.1, 0.15) is 32.9 Å². The number of aryl methyl sites for hydroxylation is 2. The number of nitrogens with zero attached hydrogens (tertiary/aromatic N) is 2. The number of hydrogen-bond acceptors (Lipinski definition) is 4. The molecular weight excluding hydrogens is 378 g/mol. The van der Waals surface area contributed by atoms with E-state index in [9.17, 15) is 19.0 Å². The second kappa shape index (κ2) is 8.05. The molecule has 29 heavy (non-hydrogen) atoms. The second-order valence-electron chi connectivity index (χ2n) is 6.34. The van der Waals surface area contributed by atoms with Crippen molar-refractivity contribution in [3.63, 3.8) is 0 Å². The van der Waals surface area contributed by atoms with E-state index in [2.05, 4.69) is 10.5 Å². The van der Waals surface area contributed by atoms with Crippen molar-refractivity contribution >= 4 is 29.1 Å². The van der Waals surface area contributed by atoms with Crippen LogP contribution < -0.4 is 11.1 Å². The number of allylic oxidation sites excluding steroid dienone is 1. The molecule has 0 spiro atoms. The smallest absolute Gasteiger partial charge is 0.261 e. The molecule has 0 radical (unpaired) electrons. The van der Waals surface area contributed by atoms with Gasteiger partial charge in [0.15, 0.2) is 0 Å². The molecule has 0 saturated heterocycles. The summed E-state index contributed by atoms with van der Waals surface area (Å²) in [5.74, 6) is -1.44. The molecule has 148 valence electrons. The first-order valence-electron chi connectivity index (χ1n) is 8.59. The van der Waals surface area contributed by atoms with E-state index in [4.69, 9.17) is 10.3 Å². The van der Waals surface area contributed by atoms with Crippen LogP contribution in [-0.4, -0.2) is 16.8 Å². The van der Waals surface area contributed by atoms with Crippen molar-refractivity contribution < 1.29 is 18.1 Å². The Labute approximate surface area is 165 Å². The SMILES string of the molecule is Cc1noc(C)c1C(=O)Nc1cc(C(=[N-])/C=C/c2ccc(F)cc2)c(N)cc1F. The zero-order valence-electron chi connectivity index (χ0n) is 15.7. The average molecular weight is 395 g/mol. The molecule has 0 saturated carbocycles. The van der Waals surface area contributed by atoms with Gasteiger partial charge in [-0.3, -0.25) is 4.79 Å². The van der Waals surface area contributed by atoms with Crippen LogP contribution in [0.3, 0.4) is 0 Å². The molecule has 8 heteroatoms. The summed E-state index contributed by atoms with van der Waals surface area (Å²) in [5, 5.41) is 16.5. The number of aromatic nitrogens is 1. The molecule has 1 heterocycles. The van der Waals surface area contributed by atoms with Crippen molar-refractivity contribution in [1.82, 2.24) is 5.16 Å². The van der Waals surface area contributed by atoms with Gasteiger partial charge in [0, 0.05) is 5.69 Å². The number of anilines is 2. The highest BCUT2D eigenvalue weighted by molar-refractivity contribution is 6.16. The summed E-state index contributed by atoms with van der Waals surface area (Å²) in [6.45, 7) is 3.16. The molecule has 0 aliphatic heterocycles. The number of nitrogens with one attached hydrogen (secondary N) is 1. The van der Waals surface area contributed by atoms with Crippen LogP contribution in [0, 0.1) is 25.5 Å². The van der Waals surface area contributed by atoms with Crippen molar-refractivity contribution in [2.24, 2.45) is 0 Å². The molecule has 3 N–H and O–H groups in total. The first-order chi connectivity index (χ1) is 13.8. The van der Waals surface area contributed by atoms with E-state index in [0.717, 1.165) is 6.07 Å². The Morgan fingerprint density at radius 3 is 2.52 bits per heavy atom. The molecule has 0 aliphatic rings. The van der Waals surface area contributed by atoms with E-state index in [1.807, 2.05) is 0 Å². The fourth-order valence-corrected chi connectivity index (χ4v) is 2.74. The monoisotopic (exact) mass is 395 g/mol. The zero-order valence-corrected chi connectivity index (χ0v) is 15.7. The second-order valence-corrected chi connectivity index (χ2v) is 6.34. The van der Waals surface area contributed by atoms with Crippen LogP contribution in [0.15, 0.2) is 47.0 Å². The normalized spacial score (nSPS) is 11.0. The predicted octanol–water partition coefficient (Wildman–Crippen LogP) is 4.48. The first kappa shape index (κ1) is 19.9. The maximum absolute atomic E-state index is 14.3. The average Bonchev–Trinajstić information content (AvgIpc) is 3.01. The molecule has 0 atom stereocenters. The van der Waals surface area contributed by atoms with Crippen molar-refractivity contribution in [1.29, 1.82) is 0 Å². The fourth-order valence-electron chi connectivity index (χ4n) is 2.74. The lowest BCUT2D eigenvalue weighted by Gasteiger charge is -2.15. The van der Waals surface area contributed by atoms with E-state index in [-0.39, 0.29) is 34.0 Å². The van der Waals surface area contributed by atoms with E-state index in [1.54, 1.807) is 19.9 Å². The van der Waals surface area contributed by atoms with E-state index in [1.165, 1.54) is 36.4 Å². The number of halogens is 2. The molecule has 0 aliphatic carbocycles. The van der Waals surface area contributed by atoms with Gasteiger partial charge < -0.3 is 21.0 Å². The molecule has 1 aromatic heterocycles. The molecule has 2 aromatic carbocycles. The highest BCUT2D eigenvalue weighted by Crippen LogP contribution is 2.25. The predicted molar refractivity (Wildman–Crippen MR) is 108 cm³/mol. The van der Waals surface area contributed by atoms with Gasteiger partial charge in [-0.05, 0) is 49.2 Å². The quantitative estimate of drug-likeness (QED) is 0.491. The highest BCUT2D eigenvalue weighted by Gasteiger charge is 2.19. The van der Waals surface area contributed by atoms with Crippen molar-refractivity contribution in [2.75, 3.05) is 11.1 Å². The van der Waals surface area contributed by atoms with Crippen LogP contribution in [0.25, 0.3) is 11.5 Å². The number of nitrogen functional groups attached to an aromatic ring is 1. The fraction of sp³-hybridized carbons (Fsp3) is 0.0952. The van der Waals surface area contributed by atoms with Gasteiger partial charge in [0.1, 0.15) is 23.0 Å². The van der Waals surface area contributed by atoms with Gasteiger partial charge in [-0.1, -0.05) is 29.4 Å². The summed E-state index contributed by atoms with van der Waals surface area (Å²) < 4.78 is 32.2. The van der Waals surface area contributed by atoms with E-state index >= 15 is 0 Å². The number of rotatable bonds is 5. The molecule has 3 rings (SSSR count). The van der Waals surface area contributed by atoms with E-state index < -0.39 is 11.7 Å². The van der Waals surface area contributed by atoms with Crippen LogP contribution >= 0.6 is 0 Å². The Bertz CT molecular complexity index is 1100. The van der Waals surface area contributed by atoms with Crippen LogP contribution in [0.4, 0.5) is 20.2 Å².